The van der Waals surface area contributed by atoms with Gasteiger partial charge in [0.15, 0.2) is 0 Å². The van der Waals surface area contributed by atoms with E-state index in [0.29, 0.717) is 11.8 Å². The molecule has 4 aromatic heterocycles. The average molecular weight is 833 g/mol. The first-order valence-corrected chi connectivity index (χ1v) is 17.1. The SMILES string of the molecule is CC(C)c1cccc(C(C)C)c1-n1c(-c2[c-]sc3ccc(-c4ccncc4)cc23)nc2ccccc21.[Ir].[c-]1ccccc1-c1ccccn1. The molecule has 0 aliphatic heterocycles. The van der Waals surface area contributed by atoms with E-state index in [0.717, 1.165) is 39.2 Å². The molecule has 4 aromatic carbocycles. The van der Waals surface area contributed by atoms with E-state index < -0.39 is 0 Å². The van der Waals surface area contributed by atoms with Crippen LogP contribution >= 0.6 is 11.3 Å². The Morgan fingerprint density at radius 1 is 0.694 bits per heavy atom. The summed E-state index contributed by atoms with van der Waals surface area (Å²) in [6.07, 6.45) is 5.47. The predicted octanol–water partition coefficient (Wildman–Crippen LogP) is 11.6. The van der Waals surface area contributed by atoms with Crippen molar-refractivity contribution >= 4 is 32.5 Å². The van der Waals surface area contributed by atoms with Crippen molar-refractivity contribution in [1.29, 1.82) is 0 Å². The van der Waals surface area contributed by atoms with Crippen LogP contribution in [-0.2, 0) is 20.1 Å². The van der Waals surface area contributed by atoms with Gasteiger partial charge in [-0.1, -0.05) is 104 Å². The van der Waals surface area contributed by atoms with Crippen LogP contribution in [0.5, 0.6) is 0 Å². The Morgan fingerprint density at radius 2 is 1.43 bits per heavy atom. The second kappa shape index (κ2) is 15.2. The Balaban J connectivity index is 0.000000270. The van der Waals surface area contributed by atoms with E-state index in [4.69, 9.17) is 4.98 Å². The number of fused-ring (bicyclic) bond motifs is 2. The molecule has 0 unspecified atom stereocenters. The van der Waals surface area contributed by atoms with Gasteiger partial charge in [0.1, 0.15) is 0 Å². The van der Waals surface area contributed by atoms with Crippen molar-refractivity contribution in [2.45, 2.75) is 39.5 Å². The molecule has 0 aliphatic rings. The molecule has 245 valence electrons. The molecule has 0 fully saturated rings. The molecule has 0 spiro atoms. The standard InChI is InChI=1S/C32H28N3S.C11H8N.Ir/c1-20(2)24-8-7-9-25(21(3)4)31(24)35-29-11-6-5-10-28(29)34-32(35)27-19-36-30-13-12-23(18-26(27)30)22-14-16-33-17-15-22;1-2-6-10(7-3-1)11-8-4-5-9-12-11;/h5-18,20-21H,1-4H3;1-6,8-9H;/q2*-1;. The first-order valence-electron chi connectivity index (χ1n) is 16.3. The van der Waals surface area contributed by atoms with Gasteiger partial charge in [-0.25, -0.2) is 0 Å². The van der Waals surface area contributed by atoms with Gasteiger partial charge in [-0.3, -0.25) is 21.3 Å². The predicted molar refractivity (Wildman–Crippen MR) is 201 cm³/mol. The molecule has 0 N–H and O–H groups in total. The van der Waals surface area contributed by atoms with Crippen molar-refractivity contribution in [3.8, 4) is 39.5 Å². The third-order valence-corrected chi connectivity index (χ3v) is 9.41. The van der Waals surface area contributed by atoms with E-state index >= 15 is 0 Å². The number of nitrogens with zero attached hydrogens (tertiary/aromatic N) is 4. The summed E-state index contributed by atoms with van der Waals surface area (Å²) in [5, 5.41) is 4.80. The summed E-state index contributed by atoms with van der Waals surface area (Å²) in [5.74, 6) is 1.72. The van der Waals surface area contributed by atoms with Crippen LogP contribution in [0.4, 0.5) is 0 Å². The van der Waals surface area contributed by atoms with Crippen LogP contribution < -0.4 is 0 Å². The maximum Gasteiger partial charge on any atom is 0.0774 e. The zero-order valence-corrected chi connectivity index (χ0v) is 31.1. The third kappa shape index (κ3) is 7.04. The third-order valence-electron chi connectivity index (χ3n) is 8.53. The van der Waals surface area contributed by atoms with Gasteiger partial charge in [-0.15, -0.1) is 41.3 Å². The van der Waals surface area contributed by atoms with E-state index in [-0.39, 0.29) is 20.1 Å². The van der Waals surface area contributed by atoms with Crippen molar-refractivity contribution in [3.05, 3.63) is 156 Å². The zero-order chi connectivity index (χ0) is 33.0. The van der Waals surface area contributed by atoms with Gasteiger partial charge in [0.25, 0.3) is 0 Å². The summed E-state index contributed by atoms with van der Waals surface area (Å²) < 4.78 is 3.60. The summed E-state index contributed by atoms with van der Waals surface area (Å²) in [5.41, 5.74) is 11.4. The summed E-state index contributed by atoms with van der Waals surface area (Å²) >= 11 is 1.66. The van der Waals surface area contributed by atoms with Crippen molar-refractivity contribution in [1.82, 2.24) is 19.5 Å². The normalized spacial score (nSPS) is 11.1. The van der Waals surface area contributed by atoms with E-state index in [1.54, 1.807) is 17.5 Å². The Bertz CT molecular complexity index is 2230. The number of aromatic nitrogens is 4. The smallest absolute Gasteiger partial charge is 0.0774 e. The fourth-order valence-electron chi connectivity index (χ4n) is 6.13. The molecule has 4 nitrogen and oxygen atoms in total. The van der Waals surface area contributed by atoms with Crippen molar-refractivity contribution in [2.24, 2.45) is 0 Å². The quantitative estimate of drug-likeness (QED) is 0.157. The molecule has 49 heavy (non-hydrogen) atoms. The Hall–Kier alpha value is -4.74. The van der Waals surface area contributed by atoms with Crippen LogP contribution in [0.2, 0.25) is 0 Å². The van der Waals surface area contributed by atoms with Crippen LogP contribution in [0.1, 0.15) is 50.7 Å². The Morgan fingerprint density at radius 3 is 2.12 bits per heavy atom. The fraction of sp³-hybridized carbons (Fsp3) is 0.140. The molecule has 0 bridgehead atoms. The number of thiophene rings is 1. The zero-order valence-electron chi connectivity index (χ0n) is 27.9. The van der Waals surface area contributed by atoms with Gasteiger partial charge in [0.05, 0.1) is 16.9 Å². The van der Waals surface area contributed by atoms with Crippen LogP contribution in [0, 0.1) is 11.4 Å². The van der Waals surface area contributed by atoms with E-state index in [1.807, 2.05) is 54.9 Å². The molecule has 1 radical (unpaired) electrons. The maximum atomic E-state index is 5.21. The molecule has 4 heterocycles. The molecule has 8 rings (SSSR count). The number of benzene rings is 4. The number of hydrogen-bond donors (Lipinski definition) is 0. The summed E-state index contributed by atoms with van der Waals surface area (Å²) in [6, 6.07) is 42.8. The van der Waals surface area contributed by atoms with Crippen LogP contribution in [-0.4, -0.2) is 19.5 Å². The largest absolute Gasteiger partial charge is 0.333 e. The number of rotatable bonds is 6. The first kappa shape index (κ1) is 34.1. The van der Waals surface area contributed by atoms with Gasteiger partial charge in [0.2, 0.25) is 0 Å². The van der Waals surface area contributed by atoms with Crippen molar-refractivity contribution in [2.75, 3.05) is 0 Å². The van der Waals surface area contributed by atoms with E-state index in [9.17, 15) is 0 Å². The van der Waals surface area contributed by atoms with Crippen molar-refractivity contribution in [3.63, 3.8) is 0 Å². The van der Waals surface area contributed by atoms with Crippen LogP contribution in [0.3, 0.4) is 0 Å². The van der Waals surface area contributed by atoms with Crippen molar-refractivity contribution < 1.29 is 20.1 Å². The molecule has 0 saturated carbocycles. The molecule has 8 aromatic rings. The number of para-hydroxylation sites is 3. The second-order valence-corrected chi connectivity index (χ2v) is 13.2. The van der Waals surface area contributed by atoms with Crippen LogP contribution in [0.25, 0.3) is 60.6 Å². The molecule has 0 aliphatic carbocycles. The fourth-order valence-corrected chi connectivity index (χ4v) is 6.95. The minimum absolute atomic E-state index is 0. The molecule has 0 saturated heterocycles. The minimum atomic E-state index is 0. The number of hydrogen-bond acceptors (Lipinski definition) is 4. The summed E-state index contributed by atoms with van der Waals surface area (Å²) in [6.45, 7) is 9.09. The van der Waals surface area contributed by atoms with Gasteiger partial charge in [0, 0.05) is 44.4 Å². The Labute approximate surface area is 305 Å². The minimum Gasteiger partial charge on any atom is -0.333 e. The molecule has 0 atom stereocenters. The summed E-state index contributed by atoms with van der Waals surface area (Å²) in [4.78, 5) is 13.6. The van der Waals surface area contributed by atoms with Gasteiger partial charge in [-0.2, -0.15) is 0 Å². The molecule has 0 amide bonds. The van der Waals surface area contributed by atoms with Gasteiger partial charge >= 0.3 is 0 Å². The topological polar surface area (TPSA) is 43.6 Å². The molecular formula is C43H36IrN4S-2. The number of imidazole rings is 1. The monoisotopic (exact) mass is 833 g/mol. The molecule has 6 heteroatoms. The van der Waals surface area contributed by atoms with Gasteiger partial charge in [-0.05, 0) is 70.1 Å². The Kier molecular flexibility index (Phi) is 10.6. The summed E-state index contributed by atoms with van der Waals surface area (Å²) in [7, 11) is 0. The molecular weight excluding hydrogens is 797 g/mol. The van der Waals surface area contributed by atoms with E-state index in [2.05, 4.69) is 126 Å². The average Bonchev–Trinajstić information content (AvgIpc) is 3.73. The van der Waals surface area contributed by atoms with E-state index in [1.165, 1.54) is 32.5 Å². The number of pyridine rings is 2. The van der Waals surface area contributed by atoms with Crippen LogP contribution in [0.15, 0.2) is 134 Å². The second-order valence-electron chi connectivity index (χ2n) is 12.4. The maximum absolute atomic E-state index is 5.21. The van der Waals surface area contributed by atoms with Gasteiger partial charge < -0.3 is 9.55 Å². The first-order chi connectivity index (χ1) is 23.5.